The van der Waals surface area contributed by atoms with E-state index in [9.17, 15) is 14.7 Å². The molecule has 1 N–H and O–H groups in total. The number of benzene rings is 1. The van der Waals surface area contributed by atoms with Crippen molar-refractivity contribution in [2.24, 2.45) is 5.92 Å². The van der Waals surface area contributed by atoms with Gasteiger partial charge in [0.05, 0.1) is 5.92 Å². The van der Waals surface area contributed by atoms with Crippen LogP contribution in [0.5, 0.6) is 5.75 Å². The van der Waals surface area contributed by atoms with Crippen LogP contribution in [0.1, 0.15) is 32.3 Å². The Bertz CT molecular complexity index is 616. The number of hydrogen-bond donors (Lipinski definition) is 1. The molecular formula is C16H16O5. The van der Waals surface area contributed by atoms with Crippen molar-refractivity contribution in [1.82, 2.24) is 0 Å². The van der Waals surface area contributed by atoms with Crippen LogP contribution in [0, 0.1) is 17.8 Å². The molecule has 1 atom stereocenters. The van der Waals surface area contributed by atoms with E-state index in [1.807, 2.05) is 0 Å². The molecule has 1 heterocycles. The Labute approximate surface area is 122 Å². The topological polar surface area (TPSA) is 72.8 Å². The molecule has 0 aliphatic carbocycles. The summed E-state index contributed by atoms with van der Waals surface area (Å²) in [6, 6.07) is 6.28. The van der Waals surface area contributed by atoms with Crippen molar-refractivity contribution in [3.05, 3.63) is 29.8 Å². The molecule has 1 aromatic rings. The molecule has 0 spiro atoms. The lowest BCUT2D eigenvalue weighted by atomic mass is 9.85. The van der Waals surface area contributed by atoms with Gasteiger partial charge in [-0.25, -0.2) is 0 Å². The second kappa shape index (κ2) is 5.49. The minimum absolute atomic E-state index is 0.0354. The summed E-state index contributed by atoms with van der Waals surface area (Å²) in [7, 11) is 0. The molecule has 1 unspecified atom stereocenters. The Balaban J connectivity index is 2.41. The molecule has 1 saturated heterocycles. The van der Waals surface area contributed by atoms with E-state index in [0.29, 0.717) is 5.56 Å². The highest BCUT2D eigenvalue weighted by atomic mass is 16.7. The van der Waals surface area contributed by atoms with Gasteiger partial charge >= 0.3 is 11.9 Å². The molecule has 1 aliphatic rings. The standard InChI is InChI=1S/C16H16O5/c1-4-6-12(10-7-5-8-11(17)9-10)13-14(18)20-16(2,3)21-15(13)19/h5,7-9,12-13,17H,1-3H3. The number of cyclic esters (lactones) is 2. The largest absolute Gasteiger partial charge is 0.508 e. The van der Waals surface area contributed by atoms with Crippen molar-refractivity contribution in [3.63, 3.8) is 0 Å². The first kappa shape index (κ1) is 14.9. The van der Waals surface area contributed by atoms with Crippen LogP contribution < -0.4 is 0 Å². The Morgan fingerprint density at radius 1 is 1.24 bits per heavy atom. The number of carbonyl (C=O) groups is 2. The van der Waals surface area contributed by atoms with E-state index in [1.165, 1.54) is 26.0 Å². The molecule has 1 fully saturated rings. The van der Waals surface area contributed by atoms with Gasteiger partial charge in [-0.15, -0.1) is 5.92 Å². The van der Waals surface area contributed by atoms with E-state index >= 15 is 0 Å². The van der Waals surface area contributed by atoms with E-state index in [4.69, 9.17) is 9.47 Å². The van der Waals surface area contributed by atoms with Gasteiger partial charge in [0, 0.05) is 13.8 Å². The number of hydrogen-bond acceptors (Lipinski definition) is 5. The quantitative estimate of drug-likeness (QED) is 0.511. The second-order valence-electron chi connectivity index (χ2n) is 5.19. The number of phenolic OH excluding ortho intramolecular Hbond substituents is 1. The fourth-order valence-corrected chi connectivity index (χ4v) is 2.23. The third-order valence-electron chi connectivity index (χ3n) is 3.06. The van der Waals surface area contributed by atoms with Gasteiger partial charge in [0.1, 0.15) is 5.75 Å². The van der Waals surface area contributed by atoms with Crippen LogP contribution in [0.3, 0.4) is 0 Å². The minimum atomic E-state index is -1.27. The van der Waals surface area contributed by atoms with E-state index < -0.39 is 29.6 Å². The fourth-order valence-electron chi connectivity index (χ4n) is 2.23. The minimum Gasteiger partial charge on any atom is -0.508 e. The van der Waals surface area contributed by atoms with E-state index in [1.54, 1.807) is 19.1 Å². The average Bonchev–Trinajstić information content (AvgIpc) is 2.35. The number of carbonyl (C=O) groups excluding carboxylic acids is 2. The van der Waals surface area contributed by atoms with Crippen molar-refractivity contribution in [2.75, 3.05) is 0 Å². The molecule has 21 heavy (non-hydrogen) atoms. The Kier molecular flexibility index (Phi) is 3.90. The van der Waals surface area contributed by atoms with Crippen LogP contribution in [0.2, 0.25) is 0 Å². The van der Waals surface area contributed by atoms with Crippen molar-refractivity contribution in [3.8, 4) is 17.6 Å². The maximum Gasteiger partial charge on any atom is 0.325 e. The maximum absolute atomic E-state index is 12.1. The van der Waals surface area contributed by atoms with Crippen LogP contribution in [0.15, 0.2) is 24.3 Å². The van der Waals surface area contributed by atoms with Crippen molar-refractivity contribution >= 4 is 11.9 Å². The lowest BCUT2D eigenvalue weighted by molar-refractivity contribution is -0.240. The smallest absolute Gasteiger partial charge is 0.325 e. The first-order valence-corrected chi connectivity index (χ1v) is 6.51. The number of aromatic hydroxyl groups is 1. The highest BCUT2D eigenvalue weighted by molar-refractivity contribution is 5.98. The van der Waals surface area contributed by atoms with Crippen molar-refractivity contribution in [2.45, 2.75) is 32.5 Å². The Hall–Kier alpha value is -2.48. The lowest BCUT2D eigenvalue weighted by Gasteiger charge is -2.34. The molecule has 1 aliphatic heterocycles. The second-order valence-corrected chi connectivity index (χ2v) is 5.19. The van der Waals surface area contributed by atoms with Gasteiger partial charge in [-0.2, -0.15) is 0 Å². The van der Waals surface area contributed by atoms with Gasteiger partial charge < -0.3 is 14.6 Å². The summed E-state index contributed by atoms with van der Waals surface area (Å²) in [6.45, 7) is 4.60. The first-order valence-electron chi connectivity index (χ1n) is 6.51. The van der Waals surface area contributed by atoms with Crippen LogP contribution in [-0.2, 0) is 19.1 Å². The molecule has 0 radical (unpaired) electrons. The molecule has 0 aromatic heterocycles. The van der Waals surface area contributed by atoms with Crippen molar-refractivity contribution in [1.29, 1.82) is 0 Å². The predicted octanol–water partition coefficient (Wildman–Crippen LogP) is 1.95. The molecule has 110 valence electrons. The Morgan fingerprint density at radius 3 is 2.38 bits per heavy atom. The lowest BCUT2D eigenvalue weighted by Crippen LogP contribution is -2.48. The molecular weight excluding hydrogens is 272 g/mol. The summed E-state index contributed by atoms with van der Waals surface area (Å²) in [4.78, 5) is 24.3. The average molecular weight is 288 g/mol. The summed E-state index contributed by atoms with van der Waals surface area (Å²) in [5.74, 6) is 1.05. The highest BCUT2D eigenvalue weighted by Gasteiger charge is 2.47. The number of phenols is 1. The monoisotopic (exact) mass is 288 g/mol. The maximum atomic E-state index is 12.1. The van der Waals surface area contributed by atoms with E-state index in [0.717, 1.165) is 0 Å². The van der Waals surface area contributed by atoms with Gasteiger partial charge in [-0.3, -0.25) is 9.59 Å². The molecule has 1 aromatic carbocycles. The predicted molar refractivity (Wildman–Crippen MR) is 74.1 cm³/mol. The Morgan fingerprint density at radius 2 is 1.86 bits per heavy atom. The molecule has 0 saturated carbocycles. The number of rotatable bonds is 2. The molecule has 5 nitrogen and oxygen atoms in total. The highest BCUT2D eigenvalue weighted by Crippen LogP contribution is 2.34. The molecule has 2 rings (SSSR count). The molecule has 5 heteroatoms. The summed E-state index contributed by atoms with van der Waals surface area (Å²) in [5.41, 5.74) is 0.558. The summed E-state index contributed by atoms with van der Waals surface area (Å²) >= 11 is 0. The van der Waals surface area contributed by atoms with Gasteiger partial charge in [0.15, 0.2) is 5.92 Å². The van der Waals surface area contributed by atoms with Crippen LogP contribution >= 0.6 is 0 Å². The zero-order valence-corrected chi connectivity index (χ0v) is 12.0. The SMILES string of the molecule is CC#CC(c1cccc(O)c1)C1C(=O)OC(C)(C)OC1=O. The van der Waals surface area contributed by atoms with Crippen LogP contribution in [-0.4, -0.2) is 22.8 Å². The summed E-state index contributed by atoms with van der Waals surface area (Å²) in [6.07, 6.45) is 0. The third-order valence-corrected chi connectivity index (χ3v) is 3.06. The van der Waals surface area contributed by atoms with Gasteiger partial charge in [0.25, 0.3) is 5.79 Å². The number of esters is 2. The van der Waals surface area contributed by atoms with Gasteiger partial charge in [-0.05, 0) is 24.6 Å². The van der Waals surface area contributed by atoms with E-state index in [2.05, 4.69) is 11.8 Å². The van der Waals surface area contributed by atoms with Gasteiger partial charge in [-0.1, -0.05) is 18.1 Å². The fraction of sp³-hybridized carbons (Fsp3) is 0.375. The first-order chi connectivity index (χ1) is 9.84. The third kappa shape index (κ3) is 3.16. The van der Waals surface area contributed by atoms with Gasteiger partial charge in [0.2, 0.25) is 0 Å². The van der Waals surface area contributed by atoms with E-state index in [-0.39, 0.29) is 5.75 Å². The number of ether oxygens (including phenoxy) is 2. The summed E-state index contributed by atoms with van der Waals surface area (Å²) in [5, 5.41) is 9.56. The zero-order chi connectivity index (χ0) is 15.6. The molecule has 0 bridgehead atoms. The summed E-state index contributed by atoms with van der Waals surface area (Å²) < 4.78 is 10.2. The van der Waals surface area contributed by atoms with Crippen LogP contribution in [0.25, 0.3) is 0 Å². The normalized spacial score (nSPS) is 19.0. The van der Waals surface area contributed by atoms with Crippen molar-refractivity contribution < 1.29 is 24.2 Å². The zero-order valence-electron chi connectivity index (χ0n) is 12.0. The molecule has 0 amide bonds. The van der Waals surface area contributed by atoms with Crippen LogP contribution in [0.4, 0.5) is 0 Å².